The van der Waals surface area contributed by atoms with Gasteiger partial charge in [0.05, 0.1) is 11.4 Å². The number of rotatable bonds is 4. The largest absolute Gasteiger partial charge is 0.506 e. The number of nitrogens with one attached hydrogen (secondary N) is 2. The molecule has 0 bridgehead atoms. The first-order chi connectivity index (χ1) is 10.8. The summed E-state index contributed by atoms with van der Waals surface area (Å²) in [5.74, 6) is -1.64. The van der Waals surface area contributed by atoms with Gasteiger partial charge in [0.15, 0.2) is 0 Å². The van der Waals surface area contributed by atoms with Crippen LogP contribution >= 0.6 is 23.2 Å². The minimum absolute atomic E-state index is 0.0981. The van der Waals surface area contributed by atoms with Crippen molar-refractivity contribution in [2.24, 2.45) is 0 Å². The van der Waals surface area contributed by atoms with Crippen LogP contribution in [0.1, 0.15) is 6.42 Å². The van der Waals surface area contributed by atoms with E-state index in [4.69, 9.17) is 23.2 Å². The van der Waals surface area contributed by atoms with Gasteiger partial charge in [0.2, 0.25) is 11.8 Å². The molecule has 0 heterocycles. The molecule has 0 radical (unpaired) electrons. The molecule has 2 amide bonds. The molecule has 2 aromatic rings. The summed E-state index contributed by atoms with van der Waals surface area (Å²) in [5, 5.41) is 24.6. The highest BCUT2D eigenvalue weighted by Crippen LogP contribution is 2.28. The Bertz CT molecular complexity index is 702. The van der Waals surface area contributed by atoms with Gasteiger partial charge in [-0.25, -0.2) is 0 Å². The Balaban J connectivity index is 1.98. The number of hydrogen-bond donors (Lipinski definition) is 4. The third-order valence-corrected chi connectivity index (χ3v) is 3.26. The number of amides is 2. The Labute approximate surface area is 141 Å². The number of halogens is 2. The molecule has 2 rings (SSSR count). The fourth-order valence-electron chi connectivity index (χ4n) is 1.75. The molecule has 23 heavy (non-hydrogen) atoms. The maximum absolute atomic E-state index is 11.8. The third-order valence-electron chi connectivity index (χ3n) is 2.79. The van der Waals surface area contributed by atoms with Crippen LogP contribution in [0, 0.1) is 0 Å². The van der Waals surface area contributed by atoms with E-state index in [1.165, 1.54) is 36.4 Å². The van der Waals surface area contributed by atoms with Crippen LogP contribution in [0.15, 0.2) is 36.4 Å². The standard InChI is InChI=1S/C15H12Cl2N2O4/c16-8-1-3-12(20)10(5-8)18-14(22)7-15(23)19-11-6-9(17)2-4-13(11)21/h1-6,20-21H,7H2,(H,18,22)(H,19,23). The highest BCUT2D eigenvalue weighted by molar-refractivity contribution is 6.31. The summed E-state index contributed by atoms with van der Waals surface area (Å²) in [6.45, 7) is 0. The van der Waals surface area contributed by atoms with E-state index in [2.05, 4.69) is 10.6 Å². The lowest BCUT2D eigenvalue weighted by Crippen LogP contribution is -2.21. The van der Waals surface area contributed by atoms with E-state index < -0.39 is 18.2 Å². The average molecular weight is 355 g/mol. The number of phenolic OH excluding ortho intramolecular Hbond substituents is 2. The number of benzene rings is 2. The second-order valence-electron chi connectivity index (χ2n) is 4.60. The van der Waals surface area contributed by atoms with Gasteiger partial charge in [0.1, 0.15) is 17.9 Å². The molecule has 0 saturated heterocycles. The second-order valence-corrected chi connectivity index (χ2v) is 5.47. The molecule has 6 nitrogen and oxygen atoms in total. The van der Waals surface area contributed by atoms with Gasteiger partial charge >= 0.3 is 0 Å². The summed E-state index contributed by atoms with van der Waals surface area (Å²) in [5.41, 5.74) is 0.196. The summed E-state index contributed by atoms with van der Waals surface area (Å²) in [6, 6.07) is 8.28. The van der Waals surface area contributed by atoms with Crippen molar-refractivity contribution in [3.8, 4) is 11.5 Å². The van der Waals surface area contributed by atoms with Crippen LogP contribution in [0.25, 0.3) is 0 Å². The first kappa shape index (κ1) is 16.9. The van der Waals surface area contributed by atoms with Crippen LogP contribution in [0.5, 0.6) is 11.5 Å². The number of anilines is 2. The van der Waals surface area contributed by atoms with Gasteiger partial charge in [-0.1, -0.05) is 23.2 Å². The molecule has 0 saturated carbocycles. The number of carbonyl (C=O) groups excluding carboxylic acids is 2. The van der Waals surface area contributed by atoms with E-state index in [-0.39, 0.29) is 22.9 Å². The van der Waals surface area contributed by atoms with E-state index in [1.54, 1.807) is 0 Å². The van der Waals surface area contributed by atoms with E-state index in [9.17, 15) is 19.8 Å². The average Bonchev–Trinajstić information content (AvgIpc) is 2.46. The molecule has 0 spiro atoms. The minimum Gasteiger partial charge on any atom is -0.506 e. The Hall–Kier alpha value is -2.44. The molecule has 0 atom stereocenters. The zero-order valence-electron chi connectivity index (χ0n) is 11.6. The van der Waals surface area contributed by atoms with E-state index in [0.29, 0.717) is 10.0 Å². The van der Waals surface area contributed by atoms with Crippen LogP contribution in [0.3, 0.4) is 0 Å². The monoisotopic (exact) mass is 354 g/mol. The fourth-order valence-corrected chi connectivity index (χ4v) is 2.10. The number of hydrogen-bond acceptors (Lipinski definition) is 4. The highest BCUT2D eigenvalue weighted by Gasteiger charge is 2.13. The van der Waals surface area contributed by atoms with E-state index in [1.807, 2.05) is 0 Å². The van der Waals surface area contributed by atoms with Gasteiger partial charge in [0, 0.05) is 10.0 Å². The van der Waals surface area contributed by atoms with Gasteiger partial charge in [-0.05, 0) is 36.4 Å². The molecule has 4 N–H and O–H groups in total. The summed E-state index contributed by atoms with van der Waals surface area (Å²) in [4.78, 5) is 23.6. The Kier molecular flexibility index (Phi) is 5.31. The van der Waals surface area contributed by atoms with Crippen molar-refractivity contribution in [2.75, 3.05) is 10.6 Å². The van der Waals surface area contributed by atoms with Crippen molar-refractivity contribution in [1.29, 1.82) is 0 Å². The van der Waals surface area contributed by atoms with Crippen LogP contribution < -0.4 is 10.6 Å². The smallest absolute Gasteiger partial charge is 0.233 e. The lowest BCUT2D eigenvalue weighted by Gasteiger charge is -2.09. The van der Waals surface area contributed by atoms with E-state index >= 15 is 0 Å². The summed E-state index contributed by atoms with van der Waals surface area (Å²) < 4.78 is 0. The Morgan fingerprint density at radius 3 is 1.61 bits per heavy atom. The first-order valence-corrected chi connectivity index (χ1v) is 7.17. The van der Waals surface area contributed by atoms with Crippen LogP contribution in [0.4, 0.5) is 11.4 Å². The van der Waals surface area contributed by atoms with Gasteiger partial charge < -0.3 is 20.8 Å². The summed E-state index contributed by atoms with van der Waals surface area (Å²) in [7, 11) is 0. The zero-order chi connectivity index (χ0) is 17.0. The maximum atomic E-state index is 11.8. The lowest BCUT2D eigenvalue weighted by atomic mass is 10.2. The van der Waals surface area contributed by atoms with Crippen molar-refractivity contribution >= 4 is 46.4 Å². The molecular weight excluding hydrogens is 343 g/mol. The second kappa shape index (κ2) is 7.21. The third kappa shape index (κ3) is 4.77. The highest BCUT2D eigenvalue weighted by atomic mass is 35.5. The SMILES string of the molecule is O=C(CC(=O)Nc1cc(Cl)ccc1O)Nc1cc(Cl)ccc1O. The van der Waals surface area contributed by atoms with Gasteiger partial charge in [0.25, 0.3) is 0 Å². The van der Waals surface area contributed by atoms with Crippen molar-refractivity contribution in [1.82, 2.24) is 0 Å². The van der Waals surface area contributed by atoms with Crippen LogP contribution in [-0.2, 0) is 9.59 Å². The molecule has 0 unspecified atom stereocenters. The fraction of sp³-hybridized carbons (Fsp3) is 0.0667. The zero-order valence-corrected chi connectivity index (χ0v) is 13.1. The molecule has 0 fully saturated rings. The van der Waals surface area contributed by atoms with Crippen molar-refractivity contribution < 1.29 is 19.8 Å². The number of phenols is 2. The lowest BCUT2D eigenvalue weighted by molar-refractivity contribution is -0.123. The molecule has 8 heteroatoms. The number of aromatic hydroxyl groups is 2. The quantitative estimate of drug-likeness (QED) is 0.499. The predicted molar refractivity (Wildman–Crippen MR) is 88.1 cm³/mol. The Morgan fingerprint density at radius 1 is 0.826 bits per heavy atom. The van der Waals surface area contributed by atoms with Crippen LogP contribution in [0.2, 0.25) is 10.0 Å². The van der Waals surface area contributed by atoms with Crippen molar-refractivity contribution in [2.45, 2.75) is 6.42 Å². The van der Waals surface area contributed by atoms with E-state index in [0.717, 1.165) is 0 Å². The molecule has 2 aromatic carbocycles. The van der Waals surface area contributed by atoms with Crippen LogP contribution in [-0.4, -0.2) is 22.0 Å². The van der Waals surface area contributed by atoms with Crippen molar-refractivity contribution in [3.63, 3.8) is 0 Å². The van der Waals surface area contributed by atoms with Gasteiger partial charge in [-0.2, -0.15) is 0 Å². The normalized spacial score (nSPS) is 10.2. The molecule has 0 aliphatic rings. The molecule has 0 aliphatic carbocycles. The van der Waals surface area contributed by atoms with Gasteiger partial charge in [-0.3, -0.25) is 9.59 Å². The maximum Gasteiger partial charge on any atom is 0.233 e. The topological polar surface area (TPSA) is 98.7 Å². The van der Waals surface area contributed by atoms with Gasteiger partial charge in [-0.15, -0.1) is 0 Å². The molecular formula is C15H12Cl2N2O4. The minimum atomic E-state index is -0.651. The molecule has 0 aliphatic heterocycles. The Morgan fingerprint density at radius 2 is 1.22 bits per heavy atom. The molecule has 0 aromatic heterocycles. The first-order valence-electron chi connectivity index (χ1n) is 6.42. The summed E-state index contributed by atoms with van der Waals surface area (Å²) in [6.07, 6.45) is -0.516. The number of carbonyl (C=O) groups is 2. The predicted octanol–water partition coefficient (Wildman–Crippen LogP) is 3.37. The summed E-state index contributed by atoms with van der Waals surface area (Å²) >= 11 is 11.5. The molecule has 120 valence electrons. The van der Waals surface area contributed by atoms with Crippen molar-refractivity contribution in [3.05, 3.63) is 46.4 Å².